The van der Waals surface area contributed by atoms with E-state index in [9.17, 15) is 19.7 Å². The van der Waals surface area contributed by atoms with Crippen molar-refractivity contribution in [3.63, 3.8) is 0 Å². The van der Waals surface area contributed by atoms with E-state index in [2.05, 4.69) is 6.92 Å². The van der Waals surface area contributed by atoms with Gasteiger partial charge in [0.25, 0.3) is 11.6 Å². The first-order chi connectivity index (χ1) is 14.4. The molecule has 1 atom stereocenters. The number of carbonyl (C=O) groups excluding carboxylic acids is 2. The maximum absolute atomic E-state index is 12.5. The van der Waals surface area contributed by atoms with E-state index in [4.69, 9.17) is 4.74 Å². The van der Waals surface area contributed by atoms with Crippen molar-refractivity contribution in [3.05, 3.63) is 33.9 Å². The number of nitro groups is 1. The number of esters is 1. The Morgan fingerprint density at radius 3 is 2.57 bits per heavy atom. The summed E-state index contributed by atoms with van der Waals surface area (Å²) in [7, 11) is 0. The zero-order valence-corrected chi connectivity index (χ0v) is 17.8. The summed E-state index contributed by atoms with van der Waals surface area (Å²) in [6.45, 7) is 6.09. The Morgan fingerprint density at radius 2 is 1.90 bits per heavy atom. The molecule has 2 heterocycles. The van der Waals surface area contributed by atoms with E-state index in [-0.39, 0.29) is 29.8 Å². The van der Waals surface area contributed by atoms with Crippen LogP contribution >= 0.6 is 0 Å². The summed E-state index contributed by atoms with van der Waals surface area (Å²) in [4.78, 5) is 39.9. The lowest BCUT2D eigenvalue weighted by molar-refractivity contribution is -0.384. The van der Waals surface area contributed by atoms with Crippen molar-refractivity contribution >= 4 is 23.3 Å². The van der Waals surface area contributed by atoms with Gasteiger partial charge in [-0.15, -0.1) is 0 Å². The first kappa shape index (κ1) is 22.1. The maximum atomic E-state index is 12.5. The molecular formula is C22H31N3O5. The Kier molecular flexibility index (Phi) is 7.29. The number of nitrogens with zero attached hydrogens (tertiary/aromatic N) is 3. The zero-order chi connectivity index (χ0) is 21.7. The van der Waals surface area contributed by atoms with Crippen LogP contribution in [0.5, 0.6) is 0 Å². The van der Waals surface area contributed by atoms with Crippen molar-refractivity contribution in [3.8, 4) is 0 Å². The molecule has 2 aliphatic heterocycles. The van der Waals surface area contributed by atoms with Crippen LogP contribution in [0.3, 0.4) is 0 Å². The highest BCUT2D eigenvalue weighted by atomic mass is 16.6. The summed E-state index contributed by atoms with van der Waals surface area (Å²) in [5.74, 6) is -0.307. The standard InChI is InChI=1S/C22H31N3O5/c1-3-18-6-4-5-11-24(18)21(26)15-30-22(27)17-7-8-19(20(14-17)25(28)29)23-12-9-16(2)10-13-23/h7-8,14,16,18H,3-6,9-13,15H2,1-2H3. The average molecular weight is 418 g/mol. The summed E-state index contributed by atoms with van der Waals surface area (Å²) in [6, 6.07) is 4.61. The molecule has 0 bridgehead atoms. The SMILES string of the molecule is CCC1CCCCN1C(=O)COC(=O)c1ccc(N2CCC(C)CC2)c([N+](=O)[O-])c1. The van der Waals surface area contributed by atoms with Crippen molar-refractivity contribution in [1.82, 2.24) is 4.90 Å². The molecule has 30 heavy (non-hydrogen) atoms. The fraction of sp³-hybridized carbons (Fsp3) is 0.636. The van der Waals surface area contributed by atoms with Gasteiger partial charge in [-0.25, -0.2) is 4.79 Å². The quantitative estimate of drug-likeness (QED) is 0.397. The molecule has 2 aliphatic rings. The van der Waals surface area contributed by atoms with Crippen molar-refractivity contribution in [1.29, 1.82) is 0 Å². The molecule has 0 spiro atoms. The van der Waals surface area contributed by atoms with Gasteiger partial charge < -0.3 is 14.5 Å². The minimum Gasteiger partial charge on any atom is -0.452 e. The minimum atomic E-state index is -0.713. The number of benzene rings is 1. The molecule has 8 heteroatoms. The first-order valence-corrected chi connectivity index (χ1v) is 10.9. The second kappa shape index (κ2) is 9.91. The largest absolute Gasteiger partial charge is 0.452 e. The molecule has 0 radical (unpaired) electrons. The summed E-state index contributed by atoms with van der Waals surface area (Å²) in [5, 5.41) is 11.6. The Hall–Kier alpha value is -2.64. The van der Waals surface area contributed by atoms with E-state index in [0.29, 0.717) is 18.2 Å². The van der Waals surface area contributed by atoms with Crippen LogP contribution in [0.25, 0.3) is 0 Å². The Balaban J connectivity index is 1.66. The van der Waals surface area contributed by atoms with Crippen molar-refractivity contribution in [2.75, 3.05) is 31.1 Å². The molecule has 2 fully saturated rings. The van der Waals surface area contributed by atoms with E-state index in [1.807, 2.05) is 11.8 Å². The highest BCUT2D eigenvalue weighted by Gasteiger charge is 2.28. The second-order valence-corrected chi connectivity index (χ2v) is 8.35. The van der Waals surface area contributed by atoms with Crippen molar-refractivity contribution in [2.24, 2.45) is 5.92 Å². The van der Waals surface area contributed by atoms with Crippen LogP contribution in [0.4, 0.5) is 11.4 Å². The van der Waals surface area contributed by atoms with Crippen LogP contribution in [-0.2, 0) is 9.53 Å². The molecule has 3 rings (SSSR count). The van der Waals surface area contributed by atoms with E-state index in [1.165, 1.54) is 6.07 Å². The number of anilines is 1. The Bertz CT molecular complexity index is 789. The predicted molar refractivity (Wildman–Crippen MR) is 114 cm³/mol. The summed E-state index contributed by atoms with van der Waals surface area (Å²) >= 11 is 0. The van der Waals surface area contributed by atoms with Gasteiger partial charge in [-0.1, -0.05) is 13.8 Å². The van der Waals surface area contributed by atoms with Crippen LogP contribution in [0.15, 0.2) is 18.2 Å². The van der Waals surface area contributed by atoms with E-state index < -0.39 is 10.9 Å². The van der Waals surface area contributed by atoms with Crippen molar-refractivity contribution < 1.29 is 19.2 Å². The molecule has 0 N–H and O–H groups in total. The lowest BCUT2D eigenvalue weighted by Crippen LogP contribution is -2.45. The van der Waals surface area contributed by atoms with Gasteiger partial charge in [0, 0.05) is 31.7 Å². The van der Waals surface area contributed by atoms with Gasteiger partial charge in [-0.05, 0) is 56.6 Å². The molecule has 8 nitrogen and oxygen atoms in total. The molecule has 1 aromatic rings. The molecule has 0 aromatic heterocycles. The summed E-state index contributed by atoms with van der Waals surface area (Å²) < 4.78 is 5.20. The highest BCUT2D eigenvalue weighted by molar-refractivity contribution is 5.93. The van der Waals surface area contributed by atoms with E-state index in [1.54, 1.807) is 17.0 Å². The third-order valence-electron chi connectivity index (χ3n) is 6.28. The summed E-state index contributed by atoms with van der Waals surface area (Å²) in [5.41, 5.74) is 0.514. The molecule has 1 unspecified atom stereocenters. The number of carbonyl (C=O) groups is 2. The fourth-order valence-electron chi connectivity index (χ4n) is 4.36. The molecule has 1 amide bonds. The number of hydrogen-bond acceptors (Lipinski definition) is 6. The van der Waals surface area contributed by atoms with Gasteiger partial charge in [0.15, 0.2) is 6.61 Å². The monoisotopic (exact) mass is 417 g/mol. The normalized spacial score (nSPS) is 20.1. The molecular weight excluding hydrogens is 386 g/mol. The fourth-order valence-corrected chi connectivity index (χ4v) is 4.36. The lowest BCUT2D eigenvalue weighted by atomic mass is 9.98. The minimum absolute atomic E-state index is 0.0920. The molecule has 1 aromatic carbocycles. The predicted octanol–water partition coefficient (Wildman–Crippen LogP) is 3.78. The number of ether oxygens (including phenoxy) is 1. The third kappa shape index (κ3) is 5.09. The number of nitro benzene ring substituents is 1. The second-order valence-electron chi connectivity index (χ2n) is 8.35. The Labute approximate surface area is 177 Å². The van der Waals surface area contributed by atoms with Crippen LogP contribution in [0.1, 0.15) is 62.7 Å². The smallest absolute Gasteiger partial charge is 0.338 e. The zero-order valence-electron chi connectivity index (χ0n) is 17.8. The van der Waals surface area contributed by atoms with Crippen LogP contribution < -0.4 is 4.90 Å². The first-order valence-electron chi connectivity index (χ1n) is 10.9. The molecule has 164 valence electrons. The third-order valence-corrected chi connectivity index (χ3v) is 6.28. The lowest BCUT2D eigenvalue weighted by Gasteiger charge is -2.35. The van der Waals surface area contributed by atoms with Gasteiger partial charge in [0.2, 0.25) is 0 Å². The van der Waals surface area contributed by atoms with E-state index in [0.717, 1.165) is 51.6 Å². The van der Waals surface area contributed by atoms with Crippen LogP contribution in [-0.4, -0.2) is 54.0 Å². The topological polar surface area (TPSA) is 93.0 Å². The van der Waals surface area contributed by atoms with Gasteiger partial charge >= 0.3 is 5.97 Å². The molecule has 2 saturated heterocycles. The number of hydrogen-bond donors (Lipinski definition) is 0. The number of likely N-dealkylation sites (tertiary alicyclic amines) is 1. The van der Waals surface area contributed by atoms with Gasteiger partial charge in [0.1, 0.15) is 5.69 Å². The molecule has 0 aliphatic carbocycles. The number of amides is 1. The highest BCUT2D eigenvalue weighted by Crippen LogP contribution is 2.32. The molecule has 0 saturated carbocycles. The van der Waals surface area contributed by atoms with E-state index >= 15 is 0 Å². The van der Waals surface area contributed by atoms with Gasteiger partial charge in [-0.2, -0.15) is 0 Å². The van der Waals surface area contributed by atoms with Crippen molar-refractivity contribution in [2.45, 2.75) is 58.4 Å². The average Bonchev–Trinajstić information content (AvgIpc) is 2.77. The summed E-state index contributed by atoms with van der Waals surface area (Å²) in [6.07, 6.45) is 5.88. The van der Waals surface area contributed by atoms with Crippen LogP contribution in [0.2, 0.25) is 0 Å². The van der Waals surface area contributed by atoms with Gasteiger partial charge in [-0.3, -0.25) is 14.9 Å². The Morgan fingerprint density at radius 1 is 1.17 bits per heavy atom. The van der Waals surface area contributed by atoms with Crippen LogP contribution in [0, 0.1) is 16.0 Å². The van der Waals surface area contributed by atoms with Gasteiger partial charge in [0.05, 0.1) is 10.5 Å². The number of rotatable bonds is 6. The number of piperidine rings is 2. The maximum Gasteiger partial charge on any atom is 0.338 e.